The largest absolute Gasteiger partial charge is 0.145 e. The fourth-order valence-electron chi connectivity index (χ4n) is 7.81. The Balaban J connectivity index is 8.16. The topological polar surface area (TPSA) is 0 Å². The van der Waals surface area contributed by atoms with E-state index in [0.29, 0.717) is 0 Å². The molecule has 0 aromatic carbocycles. The quantitative estimate of drug-likeness (QED) is 0.149. The first-order chi connectivity index (χ1) is 16.1. The van der Waals surface area contributed by atoms with Gasteiger partial charge in [-0.3, -0.25) is 0 Å². The molecule has 0 N–H and O–H groups in total. The van der Waals surface area contributed by atoms with Gasteiger partial charge in [0.1, 0.15) is 0 Å². The van der Waals surface area contributed by atoms with Gasteiger partial charge in [0.05, 0.1) is 64.6 Å². The normalized spacial score (nSPS) is 15.7. The maximum absolute atomic E-state index is 2.85. The summed E-state index contributed by atoms with van der Waals surface area (Å²) in [6.45, 7) is 62.5. The molecule has 0 aliphatic rings. The number of hydrogen-bond donors (Lipinski definition) is 0. The van der Waals surface area contributed by atoms with Crippen molar-refractivity contribution in [1.82, 2.24) is 0 Å². The van der Waals surface area contributed by atoms with Crippen molar-refractivity contribution in [3.8, 4) is 0 Å². The Morgan fingerprint density at radius 3 is 0.895 bits per heavy atom. The molecule has 0 rings (SSSR count). The molecule has 0 fully saturated rings. The lowest BCUT2D eigenvalue weighted by atomic mass is 11.7. The third kappa shape index (κ3) is 11.6. The average Bonchev–Trinajstić information content (AvgIpc) is 2.43. The molecule has 0 aliphatic heterocycles. The first kappa shape index (κ1) is 39.9. The zero-order valence-corrected chi connectivity index (χ0v) is 40.5. The van der Waals surface area contributed by atoms with E-state index in [0.717, 1.165) is 4.91 Å². The van der Waals surface area contributed by atoms with Gasteiger partial charge in [-0.2, -0.15) is 0 Å². The summed E-state index contributed by atoms with van der Waals surface area (Å²) >= 11 is 0. The summed E-state index contributed by atoms with van der Waals surface area (Å²) in [7, 11) is -9.46. The molecule has 0 amide bonds. The van der Waals surface area contributed by atoms with E-state index in [1.54, 1.807) is 5.79 Å². The van der Waals surface area contributed by atoms with Crippen molar-refractivity contribution in [3.63, 3.8) is 0 Å². The van der Waals surface area contributed by atoms with Gasteiger partial charge in [0, 0.05) is 0 Å². The minimum absolute atomic E-state index is 0.127. The van der Waals surface area contributed by atoms with Crippen molar-refractivity contribution in [2.75, 3.05) is 5.79 Å². The molecule has 0 spiro atoms. The Hall–Kier alpha value is 1.95. The van der Waals surface area contributed by atoms with Crippen LogP contribution in [0.2, 0.25) is 151 Å². The molecular weight excluding hydrogens is 623 g/mol. The van der Waals surface area contributed by atoms with Gasteiger partial charge < -0.3 is 0 Å². The monoisotopic (exact) mass is 694 g/mol. The maximum atomic E-state index is 2.85. The summed E-state index contributed by atoms with van der Waals surface area (Å²) in [6.07, 6.45) is 0. The Kier molecular flexibility index (Phi) is 13.2. The van der Waals surface area contributed by atoms with Crippen molar-refractivity contribution in [1.29, 1.82) is 0 Å². The van der Waals surface area contributed by atoms with Crippen LogP contribution in [0.25, 0.3) is 0 Å². The molecular formula is C28H72P2Si8. The second-order valence-corrected chi connectivity index (χ2v) is 69.7. The summed E-state index contributed by atoms with van der Waals surface area (Å²) in [4.78, 5) is 0.976. The highest BCUT2D eigenvalue weighted by Gasteiger charge is 2.44. The summed E-state index contributed by atoms with van der Waals surface area (Å²) in [5.74, 6) is 1.58. The zero-order valence-electron chi connectivity index (χ0n) is 30.7. The van der Waals surface area contributed by atoms with E-state index in [9.17, 15) is 0 Å². The van der Waals surface area contributed by atoms with Gasteiger partial charge in [0.2, 0.25) is 0 Å². The average molecular weight is 696 g/mol. The molecule has 0 aliphatic carbocycles. The Bertz CT molecular complexity index is 868. The smallest absolute Gasteiger partial charge is 0.0838 e. The van der Waals surface area contributed by atoms with Crippen molar-refractivity contribution in [2.24, 2.45) is 0 Å². The van der Waals surface area contributed by atoms with Gasteiger partial charge in [0.15, 0.2) is 0 Å². The lowest BCUT2D eigenvalue weighted by Gasteiger charge is -2.43. The highest BCUT2D eigenvalue weighted by Crippen LogP contribution is 2.40. The second kappa shape index (κ2) is 12.5. The number of rotatable bonds is 11. The van der Waals surface area contributed by atoms with Gasteiger partial charge in [-0.1, -0.05) is 164 Å². The SMILES string of the molecule is C[Si](C)(C)C(=PC([Si](C)(C)C)[Si](C)(C)C)[Si](C)(C)CP(=C([Si](C)(C)C)[Si](C)(C)C)=C([Si](C)(C)C)[Si](C)(C)C. The predicted molar refractivity (Wildman–Crippen MR) is 218 cm³/mol. The van der Waals surface area contributed by atoms with Gasteiger partial charge in [-0.05, 0) is 10.7 Å². The van der Waals surface area contributed by atoms with Crippen molar-refractivity contribution < 1.29 is 0 Å². The molecule has 10 heteroatoms. The second-order valence-electron chi connectivity index (χ2n) is 20.0. The van der Waals surface area contributed by atoms with Crippen molar-refractivity contribution in [2.45, 2.75) is 155 Å². The van der Waals surface area contributed by atoms with Crippen LogP contribution >= 0.6 is 15.4 Å². The van der Waals surface area contributed by atoms with Crippen LogP contribution in [-0.2, 0) is 0 Å². The Labute approximate surface area is 253 Å². The van der Waals surface area contributed by atoms with Crippen LogP contribution in [0.15, 0.2) is 0 Å². The van der Waals surface area contributed by atoms with E-state index in [4.69, 9.17) is 0 Å². The lowest BCUT2D eigenvalue weighted by molar-refractivity contribution is 1.47. The van der Waals surface area contributed by atoms with E-state index in [1.807, 2.05) is 8.20 Å². The highest BCUT2D eigenvalue weighted by atomic mass is 31.1. The Morgan fingerprint density at radius 1 is 0.447 bits per heavy atom. The van der Waals surface area contributed by atoms with Crippen LogP contribution in [0.4, 0.5) is 0 Å². The highest BCUT2D eigenvalue weighted by molar-refractivity contribution is 7.85. The third-order valence-electron chi connectivity index (χ3n) is 7.19. The molecule has 226 valence electrons. The molecule has 0 atom stereocenters. The summed E-state index contributed by atoms with van der Waals surface area (Å²) in [5.41, 5.74) is 0. The van der Waals surface area contributed by atoms with Crippen molar-refractivity contribution >= 4 is 93.6 Å². The molecule has 0 bridgehead atoms. The first-order valence-electron chi connectivity index (χ1n) is 15.2. The van der Waals surface area contributed by atoms with E-state index < -0.39 is 64.6 Å². The molecule has 0 aromatic heterocycles. The minimum Gasteiger partial charge on any atom is -0.145 e. The molecule has 0 nitrogen and oxygen atoms in total. The van der Waals surface area contributed by atoms with Gasteiger partial charge >= 0.3 is 0 Å². The van der Waals surface area contributed by atoms with E-state index in [-0.39, 0.29) is 7.17 Å². The van der Waals surface area contributed by atoms with Crippen LogP contribution < -0.4 is 0 Å². The summed E-state index contributed by atoms with van der Waals surface area (Å²) in [6, 6.07) is 0. The molecule has 0 heterocycles. The molecule has 38 heavy (non-hydrogen) atoms. The first-order valence-corrected chi connectivity index (χ1v) is 45.5. The van der Waals surface area contributed by atoms with Crippen LogP contribution in [-0.4, -0.2) is 88.9 Å². The lowest BCUT2D eigenvalue weighted by Crippen LogP contribution is -2.57. The van der Waals surface area contributed by atoms with Crippen LogP contribution in [0.1, 0.15) is 0 Å². The predicted octanol–water partition coefficient (Wildman–Crippen LogP) is 11.2. The fourth-order valence-corrected chi connectivity index (χ4v) is 78.8. The molecule has 0 radical (unpaired) electrons. The Morgan fingerprint density at radius 2 is 0.711 bits per heavy atom. The molecule has 0 saturated heterocycles. The van der Waals surface area contributed by atoms with E-state index >= 15 is 0 Å². The summed E-state index contributed by atoms with van der Waals surface area (Å²) in [5, 5.41) is 0. The number of hydrogen-bond acceptors (Lipinski definition) is 0. The van der Waals surface area contributed by atoms with E-state index in [2.05, 4.69) is 164 Å². The molecule has 0 saturated carbocycles. The van der Waals surface area contributed by atoms with E-state index in [1.165, 1.54) is 0 Å². The zero-order chi connectivity index (χ0) is 31.3. The third-order valence-corrected chi connectivity index (χ3v) is 64.7. The maximum Gasteiger partial charge on any atom is 0.0838 e. The standard InChI is InChI=1S/C28H72P2Si8/c1-31(2,3)25(32(4,5)6)29-26(33(7,8)9)38(22,23)24-30(27(34(10,11)12)35(13,14)15)28(36(16,17)18)37(19,20)21/h25H,24H2,1-23H3. The van der Waals surface area contributed by atoms with Gasteiger partial charge in [-0.25, -0.2) is 0 Å². The summed E-state index contributed by atoms with van der Waals surface area (Å²) < 4.78 is 6.53. The molecule has 0 aromatic rings. The van der Waals surface area contributed by atoms with Gasteiger partial charge in [0.25, 0.3) is 0 Å². The van der Waals surface area contributed by atoms with Crippen LogP contribution in [0.5, 0.6) is 0 Å². The molecule has 0 unspecified atom stereocenters. The van der Waals surface area contributed by atoms with Crippen LogP contribution in [0, 0.1) is 0 Å². The fraction of sp³-hybridized carbons (Fsp3) is 0.893. The van der Waals surface area contributed by atoms with Gasteiger partial charge in [-0.15, -0.1) is 15.4 Å². The van der Waals surface area contributed by atoms with Crippen molar-refractivity contribution in [3.05, 3.63) is 0 Å². The minimum atomic E-state index is -1.61. The van der Waals surface area contributed by atoms with Crippen LogP contribution in [0.3, 0.4) is 0 Å².